The van der Waals surface area contributed by atoms with E-state index in [0.717, 1.165) is 17.8 Å². The lowest BCUT2D eigenvalue weighted by Gasteiger charge is -2.18. The number of benzene rings is 1. The minimum Gasteiger partial charge on any atom is -0.469 e. The summed E-state index contributed by atoms with van der Waals surface area (Å²) in [6.45, 7) is 3.27. The number of carbonyl (C=O) groups excluding carboxylic acids is 2. The summed E-state index contributed by atoms with van der Waals surface area (Å²) in [5.41, 5.74) is 2.04. The van der Waals surface area contributed by atoms with E-state index in [0.29, 0.717) is 25.1 Å². The molecule has 0 saturated heterocycles. The first-order valence-corrected chi connectivity index (χ1v) is 7.81. The highest BCUT2D eigenvalue weighted by molar-refractivity contribution is 5.74. The van der Waals surface area contributed by atoms with Crippen molar-refractivity contribution < 1.29 is 19.1 Å². The van der Waals surface area contributed by atoms with E-state index in [2.05, 4.69) is 4.90 Å². The molecule has 1 heterocycles. The molecule has 0 radical (unpaired) electrons. The molecule has 0 N–H and O–H groups in total. The highest BCUT2D eigenvalue weighted by atomic mass is 16.6. The number of anilines is 1. The summed E-state index contributed by atoms with van der Waals surface area (Å²) in [4.78, 5) is 27.1. The van der Waals surface area contributed by atoms with Crippen LogP contribution in [-0.4, -0.2) is 51.3 Å². The number of rotatable bonds is 5. The number of esters is 1. The lowest BCUT2D eigenvalue weighted by Crippen LogP contribution is -2.29. The maximum atomic E-state index is 12.1. The first-order chi connectivity index (χ1) is 11.0. The molecule has 1 aromatic rings. The molecule has 126 valence electrons. The van der Waals surface area contributed by atoms with Gasteiger partial charge in [0.05, 0.1) is 7.11 Å². The first kappa shape index (κ1) is 17.1. The Bertz CT molecular complexity index is 588. The average Bonchev–Trinajstić information content (AvgIpc) is 2.89. The molecule has 1 amide bonds. The van der Waals surface area contributed by atoms with Crippen LogP contribution in [0.5, 0.6) is 5.75 Å². The van der Waals surface area contributed by atoms with Gasteiger partial charge in [-0.05, 0) is 25.5 Å². The molecular formula is C17H24N2O4. The molecule has 1 aliphatic rings. The third-order valence-electron chi connectivity index (χ3n) is 4.26. The van der Waals surface area contributed by atoms with Crippen LogP contribution in [0, 0.1) is 0 Å². The summed E-state index contributed by atoms with van der Waals surface area (Å²) in [6.07, 6.45) is 0.649. The van der Waals surface area contributed by atoms with Crippen molar-refractivity contribution in [2.24, 2.45) is 0 Å². The minimum atomic E-state index is -0.373. The van der Waals surface area contributed by atoms with Gasteiger partial charge in [-0.1, -0.05) is 6.07 Å². The van der Waals surface area contributed by atoms with E-state index in [1.807, 2.05) is 32.2 Å². The Morgan fingerprint density at radius 2 is 2.13 bits per heavy atom. The van der Waals surface area contributed by atoms with Gasteiger partial charge < -0.3 is 19.3 Å². The van der Waals surface area contributed by atoms with E-state index in [-0.39, 0.29) is 18.0 Å². The van der Waals surface area contributed by atoms with Crippen LogP contribution in [0.4, 0.5) is 10.5 Å². The highest BCUT2D eigenvalue weighted by Gasteiger charge is 2.31. The average molecular weight is 320 g/mol. The smallest absolute Gasteiger partial charge is 0.414 e. The first-order valence-electron chi connectivity index (χ1n) is 7.81. The van der Waals surface area contributed by atoms with Crippen LogP contribution >= 0.6 is 0 Å². The van der Waals surface area contributed by atoms with Gasteiger partial charge in [0, 0.05) is 50.8 Å². The molecule has 0 aliphatic carbocycles. The summed E-state index contributed by atoms with van der Waals surface area (Å²) in [5.74, 6) is 0.498. The van der Waals surface area contributed by atoms with Crippen LogP contribution < -0.4 is 9.64 Å². The standard InChI is InChI=1S/C17H24N2O4/c1-5-18(2)17(21)23-14-8-6-7-13-16(14)12(11-19(13)3)9-10-15(20)22-4/h6-8,12H,5,9-11H2,1-4H3. The SMILES string of the molecule is CCN(C)C(=O)Oc1cccc2c1C(CCC(=O)OC)CN2C. The second-order valence-corrected chi connectivity index (χ2v) is 5.76. The lowest BCUT2D eigenvalue weighted by atomic mass is 9.95. The van der Waals surface area contributed by atoms with Gasteiger partial charge in [0.2, 0.25) is 0 Å². The van der Waals surface area contributed by atoms with E-state index in [1.54, 1.807) is 7.05 Å². The Kier molecular flexibility index (Phi) is 5.47. The third kappa shape index (κ3) is 3.75. The van der Waals surface area contributed by atoms with E-state index in [1.165, 1.54) is 12.0 Å². The van der Waals surface area contributed by atoms with Gasteiger partial charge in [-0.25, -0.2) is 4.79 Å². The predicted octanol–water partition coefficient (Wildman–Crippen LogP) is 2.62. The summed E-state index contributed by atoms with van der Waals surface area (Å²) in [6, 6.07) is 5.70. The van der Waals surface area contributed by atoms with Crippen molar-refractivity contribution in [2.45, 2.75) is 25.7 Å². The van der Waals surface area contributed by atoms with E-state index in [4.69, 9.17) is 9.47 Å². The largest absolute Gasteiger partial charge is 0.469 e. The van der Waals surface area contributed by atoms with Crippen molar-refractivity contribution in [1.82, 2.24) is 4.90 Å². The summed E-state index contributed by atoms with van der Waals surface area (Å²) in [5, 5.41) is 0. The van der Waals surface area contributed by atoms with Crippen LogP contribution in [0.1, 0.15) is 31.2 Å². The summed E-state index contributed by atoms with van der Waals surface area (Å²) >= 11 is 0. The summed E-state index contributed by atoms with van der Waals surface area (Å²) in [7, 11) is 5.10. The maximum Gasteiger partial charge on any atom is 0.414 e. The fraction of sp³-hybridized carbons (Fsp3) is 0.529. The number of hydrogen-bond acceptors (Lipinski definition) is 5. The number of amides is 1. The zero-order chi connectivity index (χ0) is 17.0. The number of likely N-dealkylation sites (N-methyl/N-ethyl adjacent to an activating group) is 1. The maximum absolute atomic E-state index is 12.1. The summed E-state index contributed by atoms with van der Waals surface area (Å²) < 4.78 is 10.3. The minimum absolute atomic E-state index is 0.144. The Morgan fingerprint density at radius 1 is 1.39 bits per heavy atom. The fourth-order valence-electron chi connectivity index (χ4n) is 2.82. The van der Waals surface area contributed by atoms with E-state index in [9.17, 15) is 9.59 Å². The molecule has 0 saturated carbocycles. The van der Waals surface area contributed by atoms with Crippen LogP contribution in [0.2, 0.25) is 0 Å². The van der Waals surface area contributed by atoms with Crippen molar-refractivity contribution in [3.05, 3.63) is 23.8 Å². The quantitative estimate of drug-likeness (QED) is 0.781. The van der Waals surface area contributed by atoms with Crippen LogP contribution in [0.15, 0.2) is 18.2 Å². The van der Waals surface area contributed by atoms with Crippen LogP contribution in [0.25, 0.3) is 0 Å². The third-order valence-corrected chi connectivity index (χ3v) is 4.26. The van der Waals surface area contributed by atoms with Gasteiger partial charge in [0.1, 0.15) is 5.75 Å². The second-order valence-electron chi connectivity index (χ2n) is 5.76. The normalized spacial score (nSPS) is 16.0. The molecule has 1 aromatic carbocycles. The lowest BCUT2D eigenvalue weighted by molar-refractivity contribution is -0.140. The molecule has 1 atom stereocenters. The monoisotopic (exact) mass is 320 g/mol. The highest BCUT2D eigenvalue weighted by Crippen LogP contribution is 2.43. The zero-order valence-electron chi connectivity index (χ0n) is 14.2. The number of nitrogens with zero attached hydrogens (tertiary/aromatic N) is 2. The van der Waals surface area contributed by atoms with Crippen molar-refractivity contribution in [2.75, 3.05) is 39.2 Å². The van der Waals surface area contributed by atoms with Gasteiger partial charge in [0.25, 0.3) is 0 Å². The number of ether oxygens (including phenoxy) is 2. The number of carbonyl (C=O) groups is 2. The molecule has 1 aliphatic heterocycles. The molecule has 0 bridgehead atoms. The van der Waals surface area contributed by atoms with Gasteiger partial charge in [-0.2, -0.15) is 0 Å². The topological polar surface area (TPSA) is 59.1 Å². The van der Waals surface area contributed by atoms with Crippen molar-refractivity contribution in [3.8, 4) is 5.75 Å². The molecule has 0 aromatic heterocycles. The van der Waals surface area contributed by atoms with Crippen molar-refractivity contribution in [1.29, 1.82) is 0 Å². The number of fused-ring (bicyclic) bond motifs is 1. The Hall–Kier alpha value is -2.24. The second kappa shape index (κ2) is 7.35. The Morgan fingerprint density at radius 3 is 2.78 bits per heavy atom. The predicted molar refractivity (Wildman–Crippen MR) is 88.0 cm³/mol. The van der Waals surface area contributed by atoms with E-state index >= 15 is 0 Å². The molecule has 23 heavy (non-hydrogen) atoms. The van der Waals surface area contributed by atoms with E-state index < -0.39 is 0 Å². The van der Waals surface area contributed by atoms with Gasteiger partial charge in [0.15, 0.2) is 0 Å². The van der Waals surface area contributed by atoms with Crippen molar-refractivity contribution in [3.63, 3.8) is 0 Å². The molecule has 0 fully saturated rings. The zero-order valence-corrected chi connectivity index (χ0v) is 14.2. The van der Waals surface area contributed by atoms with Gasteiger partial charge >= 0.3 is 12.1 Å². The Balaban J connectivity index is 2.22. The molecule has 0 spiro atoms. The van der Waals surface area contributed by atoms with Crippen molar-refractivity contribution >= 4 is 17.7 Å². The van der Waals surface area contributed by atoms with Crippen LogP contribution in [0.3, 0.4) is 0 Å². The molecule has 2 rings (SSSR count). The molecule has 6 heteroatoms. The van der Waals surface area contributed by atoms with Crippen LogP contribution in [-0.2, 0) is 9.53 Å². The fourth-order valence-corrected chi connectivity index (χ4v) is 2.82. The van der Waals surface area contributed by atoms with Gasteiger partial charge in [-0.15, -0.1) is 0 Å². The molecule has 6 nitrogen and oxygen atoms in total. The molecular weight excluding hydrogens is 296 g/mol. The number of methoxy groups -OCH3 is 1. The van der Waals surface area contributed by atoms with Gasteiger partial charge in [-0.3, -0.25) is 4.79 Å². The number of hydrogen-bond donors (Lipinski definition) is 0. The molecule has 1 unspecified atom stereocenters. The Labute approximate surface area is 137 Å².